The predicted octanol–water partition coefficient (Wildman–Crippen LogP) is 1.68. The molecule has 0 aliphatic carbocycles. The van der Waals surface area contributed by atoms with Crippen molar-refractivity contribution in [1.29, 1.82) is 0 Å². The number of hydrogen-bond donors (Lipinski definition) is 0. The Labute approximate surface area is 89.2 Å². The van der Waals surface area contributed by atoms with Crippen LogP contribution >= 0.6 is 0 Å². The van der Waals surface area contributed by atoms with E-state index in [9.17, 15) is 0.334 Å². The molecule has 0 unspecified atom stereocenters. The van der Waals surface area contributed by atoms with Gasteiger partial charge in [0.1, 0.15) is 0 Å². The van der Waals surface area contributed by atoms with E-state index in [-0.39, 0.29) is 0 Å². The molecule has 0 atom stereocenters. The summed E-state index contributed by atoms with van der Waals surface area (Å²) in [7, 11) is 0. The first-order valence-electron chi connectivity index (χ1n) is 0.535. The summed E-state index contributed by atoms with van der Waals surface area (Å²) in [5, 5.41) is 0. The molecule has 0 aromatic carbocycles. The molecule has 0 saturated carbocycles. The van der Waals surface area contributed by atoms with Crippen molar-refractivity contribution in [3.63, 3.8) is 0 Å². The molecule has 0 fully saturated rings. The van der Waals surface area contributed by atoms with Gasteiger partial charge in [-0.05, 0) is 0 Å². The van der Waals surface area contributed by atoms with Gasteiger partial charge in [-0.1, -0.05) is 0 Å². The molecule has 44 valence electrons. The van der Waals surface area contributed by atoms with Gasteiger partial charge in [-0.15, -0.1) is 0 Å². The van der Waals surface area contributed by atoms with E-state index in [1.165, 1.54) is 0 Å². The summed E-state index contributed by atoms with van der Waals surface area (Å²) in [5.41, 5.74) is 0. The van der Waals surface area contributed by atoms with Crippen LogP contribution < -0.4 is 0 Å². The Morgan fingerprint density at radius 3 is 0.667 bits per heavy atom. The van der Waals surface area contributed by atoms with Crippen LogP contribution in [0.5, 0.6) is 0 Å². The van der Waals surface area contributed by atoms with E-state index in [1.54, 1.807) is 0 Å². The van der Waals surface area contributed by atoms with Gasteiger partial charge in [0.15, 0.2) is 0 Å². The van der Waals surface area contributed by atoms with Crippen LogP contribution in [0.15, 0.2) is 0 Å². The normalized spacial score (nSPS) is 7.33. The zero-order valence-corrected chi connectivity index (χ0v) is 6.26. The van der Waals surface area contributed by atoms with Crippen molar-refractivity contribution < 1.29 is 92.4 Å². The van der Waals surface area contributed by atoms with Gasteiger partial charge in [0, 0.05) is 0 Å². The maximum atomic E-state index is 9.72. The van der Waals surface area contributed by atoms with Crippen molar-refractivity contribution in [2.75, 3.05) is 0 Å². The fourth-order valence-electron chi connectivity index (χ4n) is 0. The first-order chi connectivity index (χ1) is 2.83. The Hall–Kier alpha value is 2.86. The monoisotopic (exact) mass is 340 g/mol. The minimum absolute atomic E-state index is 2.29. The molecule has 6 heteroatoms. The molecule has 0 aliphatic rings. The summed E-state index contributed by atoms with van der Waals surface area (Å²) in [6.07, 6.45) is 0. The Kier molecular flexibility index (Phi) is 30.4. The summed E-state index contributed by atoms with van der Waals surface area (Å²) >= 11 is -4.58. The summed E-state index contributed by atoms with van der Waals surface area (Å²) < 4.78 is 38.9. The average molecular weight is 339 g/mol. The second-order valence-corrected chi connectivity index (χ2v) is 0.678. The van der Waals surface area contributed by atoms with Crippen molar-refractivity contribution in [3.05, 3.63) is 0 Å². The van der Waals surface area contributed by atoms with Gasteiger partial charge in [0.2, 0.25) is 0 Å². The van der Waals surface area contributed by atoms with Gasteiger partial charge in [-0.25, -0.2) is 0 Å². The molecule has 0 amide bonds. The molecule has 0 nitrogen and oxygen atoms in total. The predicted molar refractivity (Wildman–Crippen MR) is 4.43 cm³/mol. The Morgan fingerprint density at radius 2 is 0.667 bits per heavy atom. The quantitative estimate of drug-likeness (QED) is 0.590. The van der Waals surface area contributed by atoms with Crippen molar-refractivity contribution in [3.8, 4) is 0 Å². The van der Waals surface area contributed by atoms with E-state index < -0.39 is 92.1 Å². The van der Waals surface area contributed by atoms with Gasteiger partial charge in [-0.2, -0.15) is 0 Å². The first kappa shape index (κ1) is 11.6. The standard InChI is InChI=1S/2F2Xe/c2*1-3-2. The van der Waals surface area contributed by atoms with Gasteiger partial charge in [0.25, 0.3) is 0 Å². The number of rotatable bonds is 0. The number of hydrogen-bond acceptors (Lipinski definition) is 0. The van der Waals surface area contributed by atoms with Gasteiger partial charge < -0.3 is 0 Å². The summed E-state index contributed by atoms with van der Waals surface area (Å²) in [4.78, 5) is 0. The molecule has 0 aromatic heterocycles. The summed E-state index contributed by atoms with van der Waals surface area (Å²) in [5.74, 6) is 0. The molecule has 0 spiro atoms. The summed E-state index contributed by atoms with van der Waals surface area (Å²) in [6, 6.07) is 0. The molecule has 0 N–H and O–H groups in total. The van der Waals surface area contributed by atoms with Crippen LogP contribution in [0.25, 0.3) is 0 Å². The third kappa shape index (κ3) is 28.8. The molecular formula is F4Xe2. The molecule has 0 rings (SSSR count). The van der Waals surface area contributed by atoms with Crippen LogP contribution in [0.1, 0.15) is 0 Å². The fourth-order valence-corrected chi connectivity index (χ4v) is 0. The molecular weight excluding hydrogens is 339 g/mol. The van der Waals surface area contributed by atoms with Gasteiger partial charge in [0.05, 0.1) is 0 Å². The molecule has 0 saturated heterocycles. The first-order valence-corrected chi connectivity index (χ1v) is 3.59. The van der Waals surface area contributed by atoms with Crippen LogP contribution in [0.2, 0.25) is 0 Å². The molecule has 0 heterocycles. The van der Waals surface area contributed by atoms with Crippen molar-refractivity contribution in [2.45, 2.75) is 0 Å². The topological polar surface area (TPSA) is 0 Å². The third-order valence-electron chi connectivity index (χ3n) is 0. The van der Waals surface area contributed by atoms with Crippen LogP contribution in [-0.4, -0.2) is 0 Å². The number of halogens is 4. The van der Waals surface area contributed by atoms with E-state index in [0.29, 0.717) is 0 Å². The Balaban J connectivity index is 0. The molecule has 0 aliphatic heterocycles. The van der Waals surface area contributed by atoms with E-state index in [2.05, 4.69) is 0 Å². The second kappa shape index (κ2) is 15.7. The second-order valence-electron chi connectivity index (χ2n) is 0.101. The molecule has 6 heavy (non-hydrogen) atoms. The zero-order chi connectivity index (χ0) is 5.41. The van der Waals surface area contributed by atoms with Crippen molar-refractivity contribution in [1.82, 2.24) is 0 Å². The summed E-state index contributed by atoms with van der Waals surface area (Å²) in [6.45, 7) is 0. The van der Waals surface area contributed by atoms with Crippen LogP contribution in [-0.2, 0) is 0 Å². The van der Waals surface area contributed by atoms with Gasteiger partial charge >= 0.3 is 92.4 Å². The third-order valence-corrected chi connectivity index (χ3v) is 0. The molecule has 0 radical (unpaired) electrons. The van der Waals surface area contributed by atoms with E-state index in [4.69, 9.17) is 0 Å². The van der Waals surface area contributed by atoms with Gasteiger partial charge in [-0.3, -0.25) is 0 Å². The van der Waals surface area contributed by atoms with Crippen LogP contribution in [0.3, 0.4) is 0 Å². The molecule has 0 aromatic rings. The van der Waals surface area contributed by atoms with Crippen LogP contribution in [0.4, 0.5) is 0.334 Å². The van der Waals surface area contributed by atoms with E-state index in [0.717, 1.165) is 0 Å². The fraction of sp³-hybridized carbons (Fsp3) is 0. The van der Waals surface area contributed by atoms with Crippen molar-refractivity contribution in [2.24, 2.45) is 0 Å². The SMILES string of the molecule is F[Xe]F.F[Xe]F. The van der Waals surface area contributed by atoms with E-state index >= 15 is 0 Å². The Morgan fingerprint density at radius 1 is 0.667 bits per heavy atom. The average Bonchev–Trinajstić information content (AvgIpc) is 1.39. The van der Waals surface area contributed by atoms with E-state index in [1.807, 2.05) is 0 Å². The minimum atomic E-state index is -2.29. The van der Waals surface area contributed by atoms with Crippen molar-refractivity contribution >= 4 is 0 Å². The zero-order valence-electron chi connectivity index (χ0n) is 2.22. The Bertz CT molecular complexity index is 7.51. The van der Waals surface area contributed by atoms with Crippen LogP contribution in [0, 0.1) is 92.1 Å². The molecule has 0 bridgehead atoms. The maximum absolute atomic E-state index is 9.72.